The summed E-state index contributed by atoms with van der Waals surface area (Å²) in [7, 11) is 0. The third-order valence-electron chi connectivity index (χ3n) is 3.23. The molecule has 2 aromatic heterocycles. The summed E-state index contributed by atoms with van der Waals surface area (Å²) < 4.78 is 6.82. The summed E-state index contributed by atoms with van der Waals surface area (Å²) in [5.74, 6) is -1.05. The van der Waals surface area contributed by atoms with Gasteiger partial charge in [-0.1, -0.05) is 6.92 Å². The highest BCUT2D eigenvalue weighted by molar-refractivity contribution is 5.97. The highest BCUT2D eigenvalue weighted by Crippen LogP contribution is 2.09. The van der Waals surface area contributed by atoms with Gasteiger partial charge >= 0.3 is 5.97 Å². The molecule has 7 heteroatoms. The molecule has 0 saturated carbocycles. The second-order valence-electron chi connectivity index (χ2n) is 5.04. The molecule has 0 saturated heterocycles. The minimum Gasteiger partial charge on any atom is -0.480 e. The van der Waals surface area contributed by atoms with Crippen molar-refractivity contribution in [1.82, 2.24) is 15.1 Å². The fourth-order valence-electron chi connectivity index (χ4n) is 2.15. The minimum absolute atomic E-state index is 0.0935. The molecular formula is C15H19N3O4. The molecule has 0 spiro atoms. The number of aliphatic carboxylic acids is 1. The van der Waals surface area contributed by atoms with Crippen molar-refractivity contribution in [3.05, 3.63) is 41.6 Å². The molecule has 0 aliphatic heterocycles. The van der Waals surface area contributed by atoms with E-state index in [1.54, 1.807) is 29.9 Å². The van der Waals surface area contributed by atoms with E-state index in [1.165, 1.54) is 6.26 Å². The first-order chi connectivity index (χ1) is 10.5. The fourth-order valence-corrected chi connectivity index (χ4v) is 2.15. The van der Waals surface area contributed by atoms with Crippen LogP contribution in [-0.4, -0.2) is 32.8 Å². The predicted octanol–water partition coefficient (Wildman–Crippen LogP) is 1.62. The quantitative estimate of drug-likeness (QED) is 0.810. The lowest BCUT2D eigenvalue weighted by molar-refractivity contribution is -0.139. The summed E-state index contributed by atoms with van der Waals surface area (Å²) in [6.45, 7) is 4.45. The molecule has 2 N–H and O–H groups in total. The van der Waals surface area contributed by atoms with Gasteiger partial charge in [-0.3, -0.25) is 9.48 Å². The van der Waals surface area contributed by atoms with Crippen LogP contribution in [0.2, 0.25) is 0 Å². The summed E-state index contributed by atoms with van der Waals surface area (Å²) in [5.41, 5.74) is 0.965. The average Bonchev–Trinajstić information content (AvgIpc) is 3.08. The van der Waals surface area contributed by atoms with Crippen molar-refractivity contribution >= 4 is 11.9 Å². The van der Waals surface area contributed by atoms with E-state index < -0.39 is 17.9 Å². The number of carboxylic acids is 1. The molecule has 1 unspecified atom stereocenters. The van der Waals surface area contributed by atoms with Crippen molar-refractivity contribution in [2.24, 2.45) is 0 Å². The number of furan rings is 1. The van der Waals surface area contributed by atoms with Crippen LogP contribution in [0.15, 0.2) is 29.0 Å². The lowest BCUT2D eigenvalue weighted by Crippen LogP contribution is -2.42. The van der Waals surface area contributed by atoms with Gasteiger partial charge in [0.2, 0.25) is 0 Å². The van der Waals surface area contributed by atoms with E-state index in [0.29, 0.717) is 23.6 Å². The molecular weight excluding hydrogens is 286 g/mol. The summed E-state index contributed by atoms with van der Waals surface area (Å²) in [4.78, 5) is 23.6. The van der Waals surface area contributed by atoms with Crippen molar-refractivity contribution in [1.29, 1.82) is 0 Å². The molecule has 0 aliphatic carbocycles. The van der Waals surface area contributed by atoms with Gasteiger partial charge in [-0.25, -0.2) is 4.79 Å². The van der Waals surface area contributed by atoms with Crippen LogP contribution in [0.5, 0.6) is 0 Å². The Morgan fingerprint density at radius 1 is 1.50 bits per heavy atom. The number of aromatic nitrogens is 2. The van der Waals surface area contributed by atoms with Gasteiger partial charge in [-0.15, -0.1) is 0 Å². The maximum atomic E-state index is 12.3. The highest BCUT2D eigenvalue weighted by atomic mass is 16.4. The van der Waals surface area contributed by atoms with Crippen LogP contribution in [0, 0.1) is 6.92 Å². The van der Waals surface area contributed by atoms with Gasteiger partial charge in [0.15, 0.2) is 0 Å². The number of aryl methyl sites for hydroxylation is 2. The molecule has 118 valence electrons. The van der Waals surface area contributed by atoms with Gasteiger partial charge in [-0.05, 0) is 25.5 Å². The van der Waals surface area contributed by atoms with E-state index in [4.69, 9.17) is 4.42 Å². The summed E-state index contributed by atoms with van der Waals surface area (Å²) in [6, 6.07) is 2.30. The number of nitrogens with zero attached hydrogens (tertiary/aromatic N) is 2. The van der Waals surface area contributed by atoms with Crippen LogP contribution >= 0.6 is 0 Å². The largest absolute Gasteiger partial charge is 0.480 e. The molecule has 0 aliphatic rings. The first-order valence-electron chi connectivity index (χ1n) is 7.11. The Morgan fingerprint density at radius 3 is 2.86 bits per heavy atom. The first-order valence-corrected chi connectivity index (χ1v) is 7.11. The molecule has 0 fully saturated rings. The molecule has 2 heterocycles. The second kappa shape index (κ2) is 6.93. The zero-order valence-corrected chi connectivity index (χ0v) is 12.6. The van der Waals surface area contributed by atoms with Gasteiger partial charge in [0.25, 0.3) is 5.91 Å². The minimum atomic E-state index is -1.11. The monoisotopic (exact) mass is 305 g/mol. The van der Waals surface area contributed by atoms with Crippen LogP contribution in [0.4, 0.5) is 0 Å². The molecule has 0 bridgehead atoms. The number of hydrogen-bond donors (Lipinski definition) is 2. The average molecular weight is 305 g/mol. The normalized spacial score (nSPS) is 12.1. The van der Waals surface area contributed by atoms with Crippen LogP contribution in [0.25, 0.3) is 0 Å². The Balaban J connectivity index is 2.09. The topological polar surface area (TPSA) is 97.4 Å². The van der Waals surface area contributed by atoms with E-state index in [2.05, 4.69) is 10.4 Å². The van der Waals surface area contributed by atoms with Gasteiger partial charge in [0.05, 0.1) is 17.5 Å². The number of carboxylic acid groups (broad SMARTS) is 1. The third-order valence-corrected chi connectivity index (χ3v) is 3.23. The molecule has 1 amide bonds. The summed E-state index contributed by atoms with van der Waals surface area (Å²) in [6.07, 6.45) is 4.10. The zero-order chi connectivity index (χ0) is 16.1. The van der Waals surface area contributed by atoms with E-state index >= 15 is 0 Å². The van der Waals surface area contributed by atoms with Gasteiger partial charge < -0.3 is 14.8 Å². The van der Waals surface area contributed by atoms with Crippen molar-refractivity contribution in [3.8, 4) is 0 Å². The van der Waals surface area contributed by atoms with Crippen LogP contribution in [0.3, 0.4) is 0 Å². The lowest BCUT2D eigenvalue weighted by atomic mass is 10.1. The Morgan fingerprint density at radius 2 is 2.27 bits per heavy atom. The maximum Gasteiger partial charge on any atom is 0.326 e. The summed E-state index contributed by atoms with van der Waals surface area (Å²) >= 11 is 0. The van der Waals surface area contributed by atoms with Crippen molar-refractivity contribution in [2.75, 3.05) is 0 Å². The molecule has 22 heavy (non-hydrogen) atoms. The fraction of sp³-hybridized carbons (Fsp3) is 0.400. The van der Waals surface area contributed by atoms with Crippen molar-refractivity contribution in [2.45, 2.75) is 39.3 Å². The molecule has 2 rings (SSSR count). The van der Waals surface area contributed by atoms with E-state index in [1.807, 2.05) is 6.92 Å². The second-order valence-corrected chi connectivity index (χ2v) is 5.04. The number of hydrogen-bond acceptors (Lipinski definition) is 4. The van der Waals surface area contributed by atoms with Crippen molar-refractivity contribution < 1.29 is 19.1 Å². The smallest absolute Gasteiger partial charge is 0.326 e. The number of amides is 1. The van der Waals surface area contributed by atoms with Crippen molar-refractivity contribution in [3.63, 3.8) is 0 Å². The Kier molecular flexibility index (Phi) is 4.98. The summed E-state index contributed by atoms with van der Waals surface area (Å²) in [5, 5.41) is 16.0. The molecule has 2 aromatic rings. The lowest BCUT2D eigenvalue weighted by Gasteiger charge is -2.12. The third kappa shape index (κ3) is 3.75. The van der Waals surface area contributed by atoms with E-state index in [-0.39, 0.29) is 6.42 Å². The Hall–Kier alpha value is -2.57. The van der Waals surface area contributed by atoms with Gasteiger partial charge in [0.1, 0.15) is 11.8 Å². The zero-order valence-electron chi connectivity index (χ0n) is 12.6. The molecule has 0 radical (unpaired) electrons. The first kappa shape index (κ1) is 15.8. The molecule has 7 nitrogen and oxygen atoms in total. The predicted molar refractivity (Wildman–Crippen MR) is 78.6 cm³/mol. The van der Waals surface area contributed by atoms with E-state index in [0.717, 1.165) is 6.42 Å². The van der Waals surface area contributed by atoms with Crippen LogP contribution in [-0.2, 0) is 17.8 Å². The molecule has 0 aromatic carbocycles. The number of nitrogens with one attached hydrogen (secondary N) is 1. The van der Waals surface area contributed by atoms with Crippen LogP contribution < -0.4 is 5.32 Å². The number of rotatable bonds is 7. The SMILES string of the molecule is CCCn1cc(C(=O)NC(Cc2ccco2)C(=O)O)c(C)n1. The molecule has 1 atom stereocenters. The van der Waals surface area contributed by atoms with Gasteiger partial charge in [-0.2, -0.15) is 5.10 Å². The van der Waals surface area contributed by atoms with Gasteiger partial charge in [0, 0.05) is 19.2 Å². The number of carbonyl (C=O) groups is 2. The maximum absolute atomic E-state index is 12.3. The Bertz CT molecular complexity index is 646. The van der Waals surface area contributed by atoms with E-state index in [9.17, 15) is 14.7 Å². The highest BCUT2D eigenvalue weighted by Gasteiger charge is 2.24. The number of carbonyl (C=O) groups excluding carboxylic acids is 1. The standard InChI is InChI=1S/C15H19N3O4/c1-3-6-18-9-12(10(2)17-18)14(19)16-13(15(20)21)8-11-5-4-7-22-11/h4-5,7,9,13H,3,6,8H2,1-2H3,(H,16,19)(H,20,21). The van der Waals surface area contributed by atoms with Crippen LogP contribution in [0.1, 0.15) is 35.2 Å². The Labute approximate surface area is 127 Å².